The number of amides is 2. The van der Waals surface area contributed by atoms with Crippen LogP contribution in [0.25, 0.3) is 0 Å². The predicted octanol–water partition coefficient (Wildman–Crippen LogP) is 3.32. The molecule has 8 nitrogen and oxygen atoms in total. The first-order valence-corrected chi connectivity index (χ1v) is 12.7. The molecule has 1 unspecified atom stereocenters. The van der Waals surface area contributed by atoms with E-state index in [1.807, 2.05) is 0 Å². The van der Waals surface area contributed by atoms with Gasteiger partial charge in [0.2, 0.25) is 21.8 Å². The van der Waals surface area contributed by atoms with Gasteiger partial charge in [-0.1, -0.05) is 42.3 Å². The van der Waals surface area contributed by atoms with Crippen LogP contribution in [0.2, 0.25) is 10.0 Å². The van der Waals surface area contributed by atoms with Gasteiger partial charge in [-0.25, -0.2) is 8.42 Å². The highest BCUT2D eigenvalue weighted by Crippen LogP contribution is 2.33. The molecule has 0 saturated heterocycles. The lowest BCUT2D eigenvalue weighted by Gasteiger charge is -2.32. The Morgan fingerprint density at radius 2 is 1.70 bits per heavy atom. The zero-order valence-electron chi connectivity index (χ0n) is 18.8. The molecule has 0 fully saturated rings. The summed E-state index contributed by atoms with van der Waals surface area (Å²) in [4.78, 5) is 27.4. The second kappa shape index (κ2) is 11.6. The van der Waals surface area contributed by atoms with E-state index in [4.69, 9.17) is 27.9 Å². The summed E-state index contributed by atoms with van der Waals surface area (Å²) in [6, 6.07) is 10.5. The number of sulfonamides is 1. The van der Waals surface area contributed by atoms with Crippen molar-refractivity contribution < 1.29 is 22.7 Å². The van der Waals surface area contributed by atoms with Crippen molar-refractivity contribution >= 4 is 50.7 Å². The Labute approximate surface area is 204 Å². The number of ether oxygens (including phenoxy) is 1. The molecule has 2 rings (SSSR count). The first-order chi connectivity index (χ1) is 15.5. The highest BCUT2D eigenvalue weighted by molar-refractivity contribution is 7.92. The van der Waals surface area contributed by atoms with Crippen LogP contribution in [-0.2, 0) is 26.2 Å². The van der Waals surface area contributed by atoms with Gasteiger partial charge in [0.1, 0.15) is 18.3 Å². The van der Waals surface area contributed by atoms with E-state index in [1.165, 1.54) is 31.2 Å². The maximum Gasteiger partial charge on any atom is 0.244 e. The number of hydrogen-bond acceptors (Lipinski definition) is 5. The van der Waals surface area contributed by atoms with Gasteiger partial charge in [-0.15, -0.1) is 0 Å². The zero-order chi connectivity index (χ0) is 24.8. The summed E-state index contributed by atoms with van der Waals surface area (Å²) >= 11 is 12.0. The number of rotatable bonds is 10. The van der Waals surface area contributed by atoms with Crippen molar-refractivity contribution in [1.82, 2.24) is 10.2 Å². The number of anilines is 1. The van der Waals surface area contributed by atoms with Crippen LogP contribution in [0.1, 0.15) is 18.9 Å². The van der Waals surface area contributed by atoms with E-state index in [-0.39, 0.29) is 28.9 Å². The molecule has 2 amide bonds. The minimum atomic E-state index is -3.90. The van der Waals surface area contributed by atoms with Crippen LogP contribution in [0.4, 0.5) is 5.69 Å². The van der Waals surface area contributed by atoms with Gasteiger partial charge in [0.05, 0.1) is 19.1 Å². The van der Waals surface area contributed by atoms with Gasteiger partial charge in [-0.05, 0) is 42.3 Å². The third-order valence-corrected chi connectivity index (χ3v) is 6.60. The lowest BCUT2D eigenvalue weighted by Crippen LogP contribution is -2.51. The molecule has 1 atom stereocenters. The largest absolute Gasteiger partial charge is 0.495 e. The second-order valence-electron chi connectivity index (χ2n) is 7.27. The second-order valence-corrected chi connectivity index (χ2v) is 10.1. The van der Waals surface area contributed by atoms with E-state index >= 15 is 0 Å². The maximum atomic E-state index is 13.5. The van der Waals surface area contributed by atoms with Gasteiger partial charge in [0, 0.05) is 23.6 Å². The fourth-order valence-electron chi connectivity index (χ4n) is 3.33. The number of hydrogen-bond donors (Lipinski definition) is 1. The molecule has 0 aliphatic rings. The molecule has 0 spiro atoms. The molecule has 2 aromatic rings. The molecule has 0 bridgehead atoms. The van der Waals surface area contributed by atoms with Crippen LogP contribution in [0, 0.1) is 0 Å². The molecule has 1 N–H and O–H groups in total. The number of nitrogens with zero attached hydrogens (tertiary/aromatic N) is 2. The first kappa shape index (κ1) is 26.8. The zero-order valence-corrected chi connectivity index (χ0v) is 21.2. The highest BCUT2D eigenvalue weighted by atomic mass is 35.5. The summed E-state index contributed by atoms with van der Waals surface area (Å²) < 4.78 is 31.5. The van der Waals surface area contributed by atoms with Crippen LogP contribution in [0.15, 0.2) is 42.5 Å². The van der Waals surface area contributed by atoms with Gasteiger partial charge in [0.25, 0.3) is 0 Å². The third-order valence-electron chi connectivity index (χ3n) is 4.99. The molecule has 0 aliphatic carbocycles. The van der Waals surface area contributed by atoms with E-state index in [1.54, 1.807) is 37.3 Å². The summed E-state index contributed by atoms with van der Waals surface area (Å²) in [7, 11) is -1.03. The molecule has 0 saturated carbocycles. The Bertz CT molecular complexity index is 1090. The minimum absolute atomic E-state index is 0.0895. The molecule has 180 valence electrons. The minimum Gasteiger partial charge on any atom is -0.495 e. The normalized spacial score (nSPS) is 12.1. The molecule has 0 heterocycles. The predicted molar refractivity (Wildman–Crippen MR) is 130 cm³/mol. The van der Waals surface area contributed by atoms with E-state index in [0.717, 1.165) is 16.1 Å². The maximum absolute atomic E-state index is 13.5. The van der Waals surface area contributed by atoms with Crippen molar-refractivity contribution in [3.8, 4) is 5.75 Å². The summed E-state index contributed by atoms with van der Waals surface area (Å²) in [6.45, 7) is 1.32. The fraction of sp³-hybridized carbons (Fsp3) is 0.364. The summed E-state index contributed by atoms with van der Waals surface area (Å²) in [6.07, 6.45) is 1.32. The quantitative estimate of drug-likeness (QED) is 0.523. The molecular weight excluding hydrogens is 489 g/mol. The number of carbonyl (C=O) groups is 2. The van der Waals surface area contributed by atoms with E-state index in [9.17, 15) is 18.0 Å². The van der Waals surface area contributed by atoms with Crippen molar-refractivity contribution in [3.63, 3.8) is 0 Å². The van der Waals surface area contributed by atoms with Crippen molar-refractivity contribution in [3.05, 3.63) is 58.1 Å². The van der Waals surface area contributed by atoms with Crippen molar-refractivity contribution in [2.45, 2.75) is 25.9 Å². The molecule has 0 radical (unpaired) electrons. The molecule has 33 heavy (non-hydrogen) atoms. The van der Waals surface area contributed by atoms with Crippen LogP contribution in [0.3, 0.4) is 0 Å². The smallest absolute Gasteiger partial charge is 0.244 e. The fourth-order valence-corrected chi connectivity index (χ4v) is 4.46. The van der Waals surface area contributed by atoms with E-state index in [0.29, 0.717) is 11.4 Å². The summed E-state index contributed by atoms with van der Waals surface area (Å²) in [5, 5.41) is 3.38. The highest BCUT2D eigenvalue weighted by Gasteiger charge is 2.32. The van der Waals surface area contributed by atoms with Crippen molar-refractivity contribution in [2.75, 3.05) is 31.3 Å². The average Bonchev–Trinajstić information content (AvgIpc) is 2.77. The van der Waals surface area contributed by atoms with Crippen LogP contribution >= 0.6 is 23.2 Å². The Morgan fingerprint density at radius 1 is 1.09 bits per heavy atom. The summed E-state index contributed by atoms with van der Waals surface area (Å²) in [5.41, 5.74) is 0.863. The van der Waals surface area contributed by atoms with Gasteiger partial charge in [-0.3, -0.25) is 13.9 Å². The van der Waals surface area contributed by atoms with Gasteiger partial charge >= 0.3 is 0 Å². The lowest BCUT2D eigenvalue weighted by atomic mass is 10.1. The molecule has 2 aromatic carbocycles. The molecule has 0 aliphatic heterocycles. The number of methoxy groups -OCH3 is 1. The van der Waals surface area contributed by atoms with Crippen molar-refractivity contribution in [1.29, 1.82) is 0 Å². The van der Waals surface area contributed by atoms with Gasteiger partial charge < -0.3 is 15.0 Å². The monoisotopic (exact) mass is 515 g/mol. The third kappa shape index (κ3) is 6.99. The molecule has 0 aromatic heterocycles. The summed E-state index contributed by atoms with van der Waals surface area (Å²) in [5.74, 6) is -0.681. The SMILES string of the molecule is CCC(C(=O)NC)N(Cc1ccc(Cl)cc1)C(=O)CN(c1cc(Cl)ccc1OC)S(C)(=O)=O. The van der Waals surface area contributed by atoms with E-state index < -0.39 is 28.5 Å². The number of carbonyl (C=O) groups excluding carboxylic acids is 2. The Kier molecular flexibility index (Phi) is 9.39. The Morgan fingerprint density at radius 3 is 2.21 bits per heavy atom. The standard InChI is InChI=1S/C22H27Cl2N3O5S/c1-5-18(22(29)25-2)26(13-15-6-8-16(23)9-7-15)21(28)14-27(33(4,30)31)19-12-17(24)10-11-20(19)32-3/h6-12,18H,5,13-14H2,1-4H3,(H,25,29). The number of halogens is 2. The van der Waals surface area contributed by atoms with Crippen molar-refractivity contribution in [2.24, 2.45) is 0 Å². The van der Waals surface area contributed by atoms with Crippen LogP contribution in [-0.4, -0.2) is 58.1 Å². The van der Waals surface area contributed by atoms with Crippen LogP contribution < -0.4 is 14.4 Å². The van der Waals surface area contributed by atoms with Gasteiger partial charge in [-0.2, -0.15) is 0 Å². The van der Waals surface area contributed by atoms with E-state index in [2.05, 4.69) is 5.32 Å². The number of benzene rings is 2. The topological polar surface area (TPSA) is 96.0 Å². The number of nitrogens with one attached hydrogen (secondary N) is 1. The first-order valence-electron chi connectivity index (χ1n) is 10.1. The lowest BCUT2D eigenvalue weighted by molar-refractivity contribution is -0.140. The Hall–Kier alpha value is -2.49. The average molecular weight is 516 g/mol. The van der Waals surface area contributed by atoms with Gasteiger partial charge in [0.15, 0.2) is 0 Å². The Balaban J connectivity index is 2.49. The molecular formula is C22H27Cl2N3O5S. The molecule has 11 heteroatoms. The van der Waals surface area contributed by atoms with Crippen LogP contribution in [0.5, 0.6) is 5.75 Å². The number of likely N-dealkylation sites (N-methyl/N-ethyl adjacent to an activating group) is 1.